The number of hydrogen-bond acceptors (Lipinski definition) is 15. The quantitative estimate of drug-likeness (QED) is 0.141. The maximum Gasteiger partial charge on any atom is 0.333 e. The second kappa shape index (κ2) is 21.4. The molecular formula is C44H62N16O3. The summed E-state index contributed by atoms with van der Waals surface area (Å²) in [5.41, 5.74) is 14.0. The molecular weight excluding hydrogens is 801 g/mol. The van der Waals surface area contributed by atoms with Crippen molar-refractivity contribution >= 4 is 40.1 Å². The zero-order chi connectivity index (χ0) is 42.8. The Labute approximate surface area is 369 Å². The first-order valence-electron chi connectivity index (χ1n) is 21.3. The van der Waals surface area contributed by atoms with Gasteiger partial charge in [-0.1, -0.05) is 7.43 Å². The van der Waals surface area contributed by atoms with E-state index in [1.165, 1.54) is 0 Å². The first kappa shape index (κ1) is 45.1. The van der Waals surface area contributed by atoms with E-state index in [0.29, 0.717) is 24.9 Å². The highest BCUT2D eigenvalue weighted by atomic mass is 16.5. The molecule has 6 N–H and O–H groups in total. The molecule has 0 spiro atoms. The van der Waals surface area contributed by atoms with Gasteiger partial charge in [-0.05, 0) is 86.9 Å². The van der Waals surface area contributed by atoms with E-state index in [1.807, 2.05) is 104 Å². The molecule has 4 aromatic heterocycles. The van der Waals surface area contributed by atoms with E-state index < -0.39 is 0 Å². The number of fused-ring (bicyclic) bond motifs is 2. The second-order valence-electron chi connectivity index (χ2n) is 15.8. The highest BCUT2D eigenvalue weighted by Gasteiger charge is 2.21. The molecule has 0 unspecified atom stereocenters. The molecule has 0 bridgehead atoms. The van der Waals surface area contributed by atoms with Crippen LogP contribution >= 0.6 is 0 Å². The van der Waals surface area contributed by atoms with E-state index in [2.05, 4.69) is 54.6 Å². The molecule has 19 heteroatoms. The second-order valence-corrected chi connectivity index (χ2v) is 15.8. The van der Waals surface area contributed by atoms with E-state index in [0.717, 1.165) is 137 Å². The molecule has 8 heterocycles. The predicted molar refractivity (Wildman–Crippen MR) is 249 cm³/mol. The SMILES string of the molecule is C.CN1CCN(N)CC1.CN1CCN(NC(=O)Nc2ccc(-c3nc(N4CCOCC4)c4cccn4n3)cc2)CC1.Nc1ccc(-c2nc(N3CCOCC3)c3cccn3n2)cc1. The first-order chi connectivity index (χ1) is 30.3. The van der Waals surface area contributed by atoms with Gasteiger partial charge in [0.05, 0.1) is 26.4 Å². The molecule has 2 amide bonds. The predicted octanol–water partition coefficient (Wildman–Crippen LogP) is 3.08. The Morgan fingerprint density at radius 3 is 1.51 bits per heavy atom. The third-order valence-electron chi connectivity index (χ3n) is 11.2. The fourth-order valence-corrected chi connectivity index (χ4v) is 7.48. The Hall–Kier alpha value is -5.93. The lowest BCUT2D eigenvalue weighted by molar-refractivity contribution is 0.116. The van der Waals surface area contributed by atoms with Crippen molar-refractivity contribution in [3.8, 4) is 22.8 Å². The number of carbonyl (C=O) groups excluding carboxylic acids is 1. The lowest BCUT2D eigenvalue weighted by Crippen LogP contribution is -2.53. The monoisotopic (exact) mass is 863 g/mol. The number of likely N-dealkylation sites (N-methyl/N-ethyl adjacent to an activating group) is 2. The number of nitrogen functional groups attached to an aromatic ring is 1. The van der Waals surface area contributed by atoms with Crippen molar-refractivity contribution in [2.24, 2.45) is 5.84 Å². The van der Waals surface area contributed by atoms with Crippen LogP contribution in [0.4, 0.5) is 27.8 Å². The van der Waals surface area contributed by atoms with Gasteiger partial charge >= 0.3 is 6.03 Å². The van der Waals surface area contributed by atoms with Gasteiger partial charge in [-0.15, -0.1) is 10.2 Å². The van der Waals surface area contributed by atoms with Gasteiger partial charge in [0.1, 0.15) is 11.0 Å². The van der Waals surface area contributed by atoms with E-state index >= 15 is 0 Å². The van der Waals surface area contributed by atoms with Crippen molar-refractivity contribution in [3.63, 3.8) is 0 Å². The van der Waals surface area contributed by atoms with E-state index in [-0.39, 0.29) is 13.5 Å². The van der Waals surface area contributed by atoms with Gasteiger partial charge < -0.3 is 40.1 Å². The molecule has 4 aliphatic heterocycles. The van der Waals surface area contributed by atoms with Gasteiger partial charge in [0.15, 0.2) is 23.3 Å². The first-order valence-corrected chi connectivity index (χ1v) is 21.3. The molecule has 0 atom stereocenters. The minimum Gasteiger partial charge on any atom is -0.399 e. The topological polar surface area (TPSA) is 191 Å². The molecule has 0 aliphatic carbocycles. The number of hydrogen-bond donors (Lipinski definition) is 4. The number of carbonyl (C=O) groups is 1. The van der Waals surface area contributed by atoms with Crippen LogP contribution in [-0.4, -0.2) is 174 Å². The van der Waals surface area contributed by atoms with Gasteiger partial charge in [0, 0.05) is 113 Å². The van der Waals surface area contributed by atoms with Gasteiger partial charge in [-0.3, -0.25) is 11.3 Å². The maximum absolute atomic E-state index is 12.3. The zero-order valence-corrected chi connectivity index (χ0v) is 35.6. The Kier molecular flexibility index (Phi) is 15.3. The number of nitrogens with two attached hydrogens (primary N) is 2. The van der Waals surface area contributed by atoms with Crippen LogP contribution in [0.15, 0.2) is 85.2 Å². The molecule has 6 aromatic rings. The van der Waals surface area contributed by atoms with E-state index in [1.54, 1.807) is 0 Å². The number of urea groups is 1. The number of hydrazine groups is 2. The average molecular weight is 863 g/mol. The lowest BCUT2D eigenvalue weighted by Gasteiger charge is -2.32. The van der Waals surface area contributed by atoms with Crippen LogP contribution in [0.25, 0.3) is 33.8 Å². The van der Waals surface area contributed by atoms with Crippen molar-refractivity contribution in [1.82, 2.24) is 54.4 Å². The number of aromatic nitrogens is 6. The van der Waals surface area contributed by atoms with Crippen LogP contribution < -0.4 is 32.1 Å². The van der Waals surface area contributed by atoms with Crippen LogP contribution in [0.1, 0.15) is 7.43 Å². The third-order valence-corrected chi connectivity index (χ3v) is 11.2. The number of amides is 2. The van der Waals surface area contributed by atoms with Crippen LogP contribution in [0, 0.1) is 0 Å². The number of morpholine rings is 2. The summed E-state index contributed by atoms with van der Waals surface area (Å²) in [6.07, 6.45) is 3.88. The van der Waals surface area contributed by atoms with Crippen LogP contribution in [0.5, 0.6) is 0 Å². The molecule has 2 aromatic carbocycles. The summed E-state index contributed by atoms with van der Waals surface area (Å²) in [7, 11) is 4.20. The van der Waals surface area contributed by atoms with Gasteiger partial charge in [-0.25, -0.2) is 33.8 Å². The molecule has 10 rings (SSSR count). The summed E-state index contributed by atoms with van der Waals surface area (Å²) >= 11 is 0. The minimum absolute atomic E-state index is 0. The normalized spacial score (nSPS) is 17.9. The molecule has 4 aliphatic rings. The molecule has 0 saturated carbocycles. The van der Waals surface area contributed by atoms with Crippen molar-refractivity contribution in [2.45, 2.75) is 7.43 Å². The summed E-state index contributed by atoms with van der Waals surface area (Å²) in [5, 5.41) is 16.0. The Morgan fingerprint density at radius 1 is 0.603 bits per heavy atom. The number of ether oxygens (including phenoxy) is 2. The van der Waals surface area contributed by atoms with E-state index in [9.17, 15) is 4.79 Å². The average Bonchev–Trinajstić information content (AvgIpc) is 4.00. The fourth-order valence-electron chi connectivity index (χ4n) is 7.48. The molecule has 19 nitrogen and oxygen atoms in total. The van der Waals surface area contributed by atoms with Crippen molar-refractivity contribution in [2.75, 3.05) is 140 Å². The number of nitrogens with zero attached hydrogens (tertiary/aromatic N) is 12. The van der Waals surface area contributed by atoms with Crippen molar-refractivity contribution in [3.05, 3.63) is 85.2 Å². The Balaban J connectivity index is 0.000000165. The molecule has 63 heavy (non-hydrogen) atoms. The zero-order valence-electron chi connectivity index (χ0n) is 35.6. The summed E-state index contributed by atoms with van der Waals surface area (Å²) in [4.78, 5) is 31.0. The fraction of sp³-hybridized carbons (Fsp3) is 0.432. The number of anilines is 4. The maximum atomic E-state index is 12.3. The molecule has 0 radical (unpaired) electrons. The number of benzene rings is 2. The summed E-state index contributed by atoms with van der Waals surface area (Å²) in [5.74, 6) is 8.71. The van der Waals surface area contributed by atoms with Crippen molar-refractivity contribution in [1.29, 1.82) is 0 Å². The van der Waals surface area contributed by atoms with Crippen LogP contribution in [0.2, 0.25) is 0 Å². The Bertz CT molecular complexity index is 2330. The number of rotatable bonds is 6. The van der Waals surface area contributed by atoms with Crippen LogP contribution in [0.3, 0.4) is 0 Å². The van der Waals surface area contributed by atoms with Gasteiger partial charge in [0.2, 0.25) is 0 Å². The number of piperazine rings is 2. The number of nitrogens with one attached hydrogen (secondary N) is 2. The smallest absolute Gasteiger partial charge is 0.333 e. The lowest BCUT2D eigenvalue weighted by atomic mass is 10.2. The van der Waals surface area contributed by atoms with Crippen molar-refractivity contribution < 1.29 is 14.3 Å². The molecule has 336 valence electrons. The highest BCUT2D eigenvalue weighted by Crippen LogP contribution is 2.27. The summed E-state index contributed by atoms with van der Waals surface area (Å²) in [6.45, 7) is 13.9. The largest absolute Gasteiger partial charge is 0.399 e. The minimum atomic E-state index is -0.234. The molecule has 4 saturated heterocycles. The van der Waals surface area contributed by atoms with Gasteiger partial charge in [-0.2, -0.15) is 0 Å². The standard InChI is InChI=1S/C22H28N8O2.C16H17N5O.C5H13N3.CH4/c1-27-9-11-29(12-10-27)26-22(31)23-18-6-4-17(5-7-18)20-24-21(28-13-15-32-16-14-28)19-3-2-8-30(19)25-20;17-13-5-3-12(4-6-13)15-18-16(20-8-10-22-11-9-20)14-2-1-7-21(14)19-15;1-7-2-4-8(6)5-3-7;/h2-8H,9-16H2,1H3,(H2,23,26,31);1-7H,8-11,17H2;2-6H2,1H3;1H4. The summed E-state index contributed by atoms with van der Waals surface area (Å²) < 4.78 is 14.7. The van der Waals surface area contributed by atoms with E-state index in [4.69, 9.17) is 31.0 Å². The van der Waals surface area contributed by atoms with Gasteiger partial charge in [0.25, 0.3) is 0 Å². The highest BCUT2D eigenvalue weighted by molar-refractivity contribution is 5.89. The van der Waals surface area contributed by atoms with Crippen LogP contribution in [-0.2, 0) is 9.47 Å². The third kappa shape index (κ3) is 11.8. The summed E-state index contributed by atoms with van der Waals surface area (Å²) in [6, 6.07) is 23.0. The molecule has 4 fully saturated rings. The Morgan fingerprint density at radius 2 is 1.05 bits per heavy atom.